The summed E-state index contributed by atoms with van der Waals surface area (Å²) in [7, 11) is 3.42. The number of carbonyl (C=O) groups is 2. The molecule has 0 aliphatic heterocycles. The second-order valence-corrected chi connectivity index (χ2v) is 6.32. The molecule has 1 aliphatic rings. The first kappa shape index (κ1) is 17.0. The van der Waals surface area contributed by atoms with E-state index in [0.717, 1.165) is 18.6 Å². The van der Waals surface area contributed by atoms with Crippen LogP contribution in [-0.4, -0.2) is 51.6 Å². The Kier molecular flexibility index (Phi) is 4.74. The van der Waals surface area contributed by atoms with E-state index >= 15 is 0 Å². The Hall–Kier alpha value is -2.83. The summed E-state index contributed by atoms with van der Waals surface area (Å²) in [4.78, 5) is 29.0. The smallest absolute Gasteiger partial charge is 0.354 e. The van der Waals surface area contributed by atoms with E-state index in [1.165, 1.54) is 22.7 Å². The largest absolute Gasteiger partial charge is 0.497 e. The Morgan fingerprint density at radius 1 is 1.40 bits per heavy atom. The van der Waals surface area contributed by atoms with Crippen molar-refractivity contribution in [1.29, 1.82) is 0 Å². The predicted molar refractivity (Wildman–Crippen MR) is 90.7 cm³/mol. The second-order valence-electron chi connectivity index (χ2n) is 6.32. The van der Waals surface area contributed by atoms with E-state index in [2.05, 4.69) is 11.1 Å². The topological polar surface area (TPSA) is 84.7 Å². The Balaban J connectivity index is 1.57. The van der Waals surface area contributed by atoms with Crippen molar-refractivity contribution in [3.63, 3.8) is 0 Å². The molecule has 1 aliphatic carbocycles. The number of methoxy groups -OCH3 is 1. The molecule has 1 aromatic heterocycles. The van der Waals surface area contributed by atoms with Gasteiger partial charge in [0.1, 0.15) is 18.0 Å². The van der Waals surface area contributed by atoms with Gasteiger partial charge in [0, 0.05) is 13.1 Å². The third kappa shape index (κ3) is 3.50. The van der Waals surface area contributed by atoms with Crippen LogP contribution in [0.3, 0.4) is 0 Å². The van der Waals surface area contributed by atoms with Gasteiger partial charge in [0.25, 0.3) is 0 Å². The molecule has 25 heavy (non-hydrogen) atoms. The Labute approximate surface area is 145 Å². The second kappa shape index (κ2) is 6.96. The number of ether oxygens (including phenoxy) is 1. The molecule has 2 aromatic rings. The minimum Gasteiger partial charge on any atom is -0.497 e. The van der Waals surface area contributed by atoms with Crippen molar-refractivity contribution in [2.45, 2.75) is 31.3 Å². The maximum atomic E-state index is 12.4. The van der Waals surface area contributed by atoms with Crippen LogP contribution in [0.2, 0.25) is 0 Å². The Morgan fingerprint density at radius 2 is 2.16 bits per heavy atom. The number of carboxylic acid groups (broad SMARTS) is 1. The maximum Gasteiger partial charge on any atom is 0.354 e. The molecule has 0 atom stereocenters. The van der Waals surface area contributed by atoms with Crippen molar-refractivity contribution in [3.8, 4) is 5.75 Å². The van der Waals surface area contributed by atoms with E-state index in [1.54, 1.807) is 19.1 Å². The van der Waals surface area contributed by atoms with Crippen LogP contribution in [0, 0.1) is 0 Å². The van der Waals surface area contributed by atoms with Gasteiger partial charge in [0.05, 0.1) is 19.6 Å². The summed E-state index contributed by atoms with van der Waals surface area (Å²) in [6.07, 6.45) is 4.41. The summed E-state index contributed by atoms with van der Waals surface area (Å²) in [5, 5.41) is 9.08. The molecule has 1 heterocycles. The molecule has 132 valence electrons. The number of carboxylic acids is 1. The molecule has 1 aromatic carbocycles. The van der Waals surface area contributed by atoms with Gasteiger partial charge in [-0.25, -0.2) is 9.78 Å². The van der Waals surface area contributed by atoms with E-state index in [-0.39, 0.29) is 24.2 Å². The van der Waals surface area contributed by atoms with Crippen molar-refractivity contribution in [2.24, 2.45) is 0 Å². The van der Waals surface area contributed by atoms with E-state index < -0.39 is 5.97 Å². The fourth-order valence-corrected chi connectivity index (χ4v) is 3.16. The number of nitrogens with zero attached hydrogens (tertiary/aromatic N) is 3. The van der Waals surface area contributed by atoms with Gasteiger partial charge in [-0.2, -0.15) is 0 Å². The highest BCUT2D eigenvalue weighted by Gasteiger charge is 2.35. The number of carbonyl (C=O) groups excluding carboxylic acids is 1. The first-order valence-electron chi connectivity index (χ1n) is 8.12. The van der Waals surface area contributed by atoms with Gasteiger partial charge in [0.2, 0.25) is 5.91 Å². The van der Waals surface area contributed by atoms with E-state index in [4.69, 9.17) is 9.84 Å². The van der Waals surface area contributed by atoms with Crippen LogP contribution >= 0.6 is 0 Å². The predicted octanol–water partition coefficient (Wildman–Crippen LogP) is 1.99. The summed E-state index contributed by atoms with van der Waals surface area (Å²) < 4.78 is 6.61. The minimum absolute atomic E-state index is 0.0154. The van der Waals surface area contributed by atoms with E-state index in [0.29, 0.717) is 5.92 Å². The Bertz CT molecular complexity index is 780. The number of imidazole rings is 1. The lowest BCUT2D eigenvalue weighted by Gasteiger charge is -2.41. The summed E-state index contributed by atoms with van der Waals surface area (Å²) in [6, 6.07) is 8.17. The van der Waals surface area contributed by atoms with Crippen molar-refractivity contribution in [1.82, 2.24) is 14.5 Å². The van der Waals surface area contributed by atoms with Crippen LogP contribution in [0.25, 0.3) is 0 Å². The number of hydrogen-bond donors (Lipinski definition) is 1. The summed E-state index contributed by atoms with van der Waals surface area (Å²) in [5.41, 5.74) is 1.24. The Morgan fingerprint density at radius 3 is 2.84 bits per heavy atom. The first-order valence-corrected chi connectivity index (χ1v) is 8.12. The molecule has 0 radical (unpaired) electrons. The van der Waals surface area contributed by atoms with Gasteiger partial charge in [-0.05, 0) is 36.5 Å². The number of likely N-dealkylation sites (N-methyl/N-ethyl adjacent to an activating group) is 1. The number of hydrogen-bond acceptors (Lipinski definition) is 4. The number of amides is 1. The van der Waals surface area contributed by atoms with Gasteiger partial charge in [-0.1, -0.05) is 12.1 Å². The fourth-order valence-electron chi connectivity index (χ4n) is 3.16. The van der Waals surface area contributed by atoms with E-state index in [9.17, 15) is 9.59 Å². The molecule has 0 unspecified atom stereocenters. The van der Waals surface area contributed by atoms with Crippen LogP contribution in [-0.2, 0) is 11.3 Å². The summed E-state index contributed by atoms with van der Waals surface area (Å²) >= 11 is 0. The highest BCUT2D eigenvalue weighted by atomic mass is 16.5. The third-order valence-electron chi connectivity index (χ3n) is 4.86. The number of benzene rings is 1. The normalized spacial score (nSPS) is 19.1. The molecule has 0 spiro atoms. The lowest BCUT2D eigenvalue weighted by atomic mass is 9.75. The van der Waals surface area contributed by atoms with Crippen LogP contribution in [0.1, 0.15) is 34.8 Å². The first-order chi connectivity index (χ1) is 12.0. The molecule has 1 N–H and O–H groups in total. The van der Waals surface area contributed by atoms with Gasteiger partial charge in [0.15, 0.2) is 0 Å². The third-order valence-corrected chi connectivity index (χ3v) is 4.86. The fraction of sp³-hybridized carbons (Fsp3) is 0.389. The lowest BCUT2D eigenvalue weighted by molar-refractivity contribution is -0.134. The molecule has 1 fully saturated rings. The van der Waals surface area contributed by atoms with Crippen LogP contribution in [0.5, 0.6) is 5.75 Å². The molecular formula is C18H21N3O4. The average molecular weight is 343 g/mol. The molecule has 1 amide bonds. The highest BCUT2D eigenvalue weighted by molar-refractivity contribution is 5.86. The minimum atomic E-state index is -1.09. The van der Waals surface area contributed by atoms with Gasteiger partial charge < -0.3 is 19.3 Å². The van der Waals surface area contributed by atoms with Crippen LogP contribution < -0.4 is 4.74 Å². The molecule has 7 heteroatoms. The molecule has 0 saturated heterocycles. The van der Waals surface area contributed by atoms with E-state index in [1.807, 2.05) is 18.2 Å². The molecular weight excluding hydrogens is 322 g/mol. The van der Waals surface area contributed by atoms with Crippen molar-refractivity contribution >= 4 is 11.9 Å². The zero-order chi connectivity index (χ0) is 18.0. The van der Waals surface area contributed by atoms with Crippen LogP contribution in [0.4, 0.5) is 0 Å². The molecule has 0 bridgehead atoms. The lowest BCUT2D eigenvalue weighted by Crippen LogP contribution is -2.46. The zero-order valence-corrected chi connectivity index (χ0v) is 14.3. The van der Waals surface area contributed by atoms with Crippen molar-refractivity contribution < 1.29 is 19.4 Å². The highest BCUT2D eigenvalue weighted by Crippen LogP contribution is 2.40. The van der Waals surface area contributed by atoms with Gasteiger partial charge in [-0.15, -0.1) is 0 Å². The number of rotatable bonds is 6. The van der Waals surface area contributed by atoms with Crippen LogP contribution in [0.15, 0.2) is 36.8 Å². The SMILES string of the molecule is COc1cccc(C2CC(N(C)C(=O)Cn3cncc3C(=O)O)C2)c1. The number of aromatic carboxylic acids is 1. The van der Waals surface area contributed by atoms with Gasteiger partial charge in [-0.3, -0.25) is 4.79 Å². The number of aromatic nitrogens is 2. The zero-order valence-electron chi connectivity index (χ0n) is 14.3. The monoisotopic (exact) mass is 343 g/mol. The molecule has 7 nitrogen and oxygen atoms in total. The van der Waals surface area contributed by atoms with Crippen molar-refractivity contribution in [2.75, 3.05) is 14.2 Å². The van der Waals surface area contributed by atoms with Gasteiger partial charge >= 0.3 is 5.97 Å². The molecule has 1 saturated carbocycles. The van der Waals surface area contributed by atoms with Crippen molar-refractivity contribution in [3.05, 3.63) is 48.0 Å². The summed E-state index contributed by atoms with van der Waals surface area (Å²) in [6.45, 7) is -0.0154. The molecule has 3 rings (SSSR count). The summed E-state index contributed by atoms with van der Waals surface area (Å²) in [5.74, 6) is 0.0501. The quantitative estimate of drug-likeness (QED) is 0.867. The standard InChI is InChI=1S/C18H21N3O4/c1-20(17(22)10-21-11-19-9-16(21)18(23)24)14-6-13(7-14)12-4-3-5-15(8-12)25-2/h3-5,8-9,11,13-14H,6-7,10H2,1-2H3,(H,23,24). The average Bonchev–Trinajstić information content (AvgIpc) is 3.02. The maximum absolute atomic E-state index is 12.4.